The topological polar surface area (TPSA) is 12.0 Å². The van der Waals surface area contributed by atoms with E-state index in [2.05, 4.69) is 35.7 Å². The van der Waals surface area contributed by atoms with E-state index in [-0.39, 0.29) is 0 Å². The van der Waals surface area contributed by atoms with Gasteiger partial charge in [-0.2, -0.15) is 0 Å². The standard InChI is InChI=1S/C17H25NS/c1-2-11-18-17(13-7-4-3-5-8-13)16-12-14-9-6-10-15(14)19-16/h7,12,17-18H,2-6,8-11H2,1H3. The second kappa shape index (κ2) is 6.23. The van der Waals surface area contributed by atoms with Gasteiger partial charge < -0.3 is 5.32 Å². The van der Waals surface area contributed by atoms with Crippen molar-refractivity contribution in [3.05, 3.63) is 33.0 Å². The lowest BCUT2D eigenvalue weighted by Gasteiger charge is -2.23. The van der Waals surface area contributed by atoms with Crippen molar-refractivity contribution in [1.29, 1.82) is 0 Å². The molecule has 1 heterocycles. The van der Waals surface area contributed by atoms with E-state index in [0.29, 0.717) is 6.04 Å². The first-order valence-corrected chi connectivity index (χ1v) is 8.74. The van der Waals surface area contributed by atoms with Crippen molar-refractivity contribution in [1.82, 2.24) is 5.32 Å². The molecule has 0 amide bonds. The van der Waals surface area contributed by atoms with Crippen LogP contribution in [-0.4, -0.2) is 6.54 Å². The molecule has 0 aromatic carbocycles. The third-order valence-corrected chi connectivity index (χ3v) is 5.65. The largest absolute Gasteiger partial charge is 0.306 e. The summed E-state index contributed by atoms with van der Waals surface area (Å²) >= 11 is 2.07. The summed E-state index contributed by atoms with van der Waals surface area (Å²) in [4.78, 5) is 3.24. The Bertz CT molecular complexity index is 436. The average Bonchev–Trinajstić information content (AvgIpc) is 3.02. The van der Waals surface area contributed by atoms with Crippen molar-refractivity contribution in [3.63, 3.8) is 0 Å². The Kier molecular flexibility index (Phi) is 4.39. The molecule has 1 aromatic heterocycles. The lowest BCUT2D eigenvalue weighted by Crippen LogP contribution is -2.24. The van der Waals surface area contributed by atoms with Gasteiger partial charge in [-0.25, -0.2) is 0 Å². The molecule has 2 aliphatic rings. The molecule has 0 saturated heterocycles. The molecule has 1 unspecified atom stereocenters. The lowest BCUT2D eigenvalue weighted by molar-refractivity contribution is 0.552. The number of aryl methyl sites for hydroxylation is 2. The Hall–Kier alpha value is -0.600. The summed E-state index contributed by atoms with van der Waals surface area (Å²) in [7, 11) is 0. The zero-order valence-electron chi connectivity index (χ0n) is 12.0. The molecule has 0 bridgehead atoms. The van der Waals surface area contributed by atoms with E-state index in [1.165, 1.54) is 51.4 Å². The van der Waals surface area contributed by atoms with Crippen LogP contribution in [0, 0.1) is 0 Å². The van der Waals surface area contributed by atoms with Crippen molar-refractivity contribution in [2.24, 2.45) is 0 Å². The Morgan fingerprint density at radius 3 is 2.89 bits per heavy atom. The summed E-state index contributed by atoms with van der Waals surface area (Å²) in [6.45, 7) is 3.39. The van der Waals surface area contributed by atoms with Crippen LogP contribution in [0.5, 0.6) is 0 Å². The molecule has 1 aromatic rings. The second-order valence-electron chi connectivity index (χ2n) is 5.86. The van der Waals surface area contributed by atoms with E-state index in [9.17, 15) is 0 Å². The molecular formula is C17H25NS. The van der Waals surface area contributed by atoms with Crippen LogP contribution < -0.4 is 5.32 Å². The van der Waals surface area contributed by atoms with Crippen LogP contribution in [0.25, 0.3) is 0 Å². The van der Waals surface area contributed by atoms with Crippen LogP contribution in [0.2, 0.25) is 0 Å². The van der Waals surface area contributed by atoms with Crippen LogP contribution in [0.1, 0.15) is 66.8 Å². The Balaban J connectivity index is 1.82. The van der Waals surface area contributed by atoms with E-state index in [1.54, 1.807) is 20.9 Å². The molecule has 0 saturated carbocycles. The Morgan fingerprint density at radius 1 is 1.21 bits per heavy atom. The predicted molar refractivity (Wildman–Crippen MR) is 83.9 cm³/mol. The number of allylic oxidation sites excluding steroid dienone is 1. The van der Waals surface area contributed by atoms with Gasteiger partial charge in [0.2, 0.25) is 0 Å². The Morgan fingerprint density at radius 2 is 2.16 bits per heavy atom. The molecule has 0 fully saturated rings. The molecule has 1 N–H and O–H groups in total. The van der Waals surface area contributed by atoms with Crippen molar-refractivity contribution < 1.29 is 0 Å². The number of hydrogen-bond donors (Lipinski definition) is 1. The molecule has 19 heavy (non-hydrogen) atoms. The summed E-state index contributed by atoms with van der Waals surface area (Å²) in [5.41, 5.74) is 3.29. The molecular weight excluding hydrogens is 250 g/mol. The Labute approximate surface area is 121 Å². The number of thiophene rings is 1. The highest BCUT2D eigenvalue weighted by atomic mass is 32.1. The van der Waals surface area contributed by atoms with Crippen molar-refractivity contribution in [2.75, 3.05) is 6.54 Å². The van der Waals surface area contributed by atoms with E-state index >= 15 is 0 Å². The minimum absolute atomic E-state index is 0.510. The number of fused-ring (bicyclic) bond motifs is 1. The third-order valence-electron chi connectivity index (χ3n) is 4.35. The second-order valence-corrected chi connectivity index (χ2v) is 7.03. The monoisotopic (exact) mass is 275 g/mol. The van der Waals surface area contributed by atoms with Crippen LogP contribution in [0.3, 0.4) is 0 Å². The summed E-state index contributed by atoms with van der Waals surface area (Å²) in [6, 6.07) is 3.01. The minimum Gasteiger partial charge on any atom is -0.306 e. The molecule has 2 heteroatoms. The van der Waals surface area contributed by atoms with Gasteiger partial charge in [-0.1, -0.05) is 18.6 Å². The van der Waals surface area contributed by atoms with Gasteiger partial charge in [0.25, 0.3) is 0 Å². The minimum atomic E-state index is 0.510. The fraction of sp³-hybridized carbons (Fsp3) is 0.647. The van der Waals surface area contributed by atoms with E-state index in [0.717, 1.165) is 6.54 Å². The molecule has 2 aliphatic carbocycles. The van der Waals surface area contributed by atoms with Gasteiger partial charge in [0.1, 0.15) is 0 Å². The van der Waals surface area contributed by atoms with Crippen molar-refractivity contribution >= 4 is 11.3 Å². The number of nitrogens with one attached hydrogen (secondary N) is 1. The van der Waals surface area contributed by atoms with Gasteiger partial charge in [0.05, 0.1) is 6.04 Å². The highest BCUT2D eigenvalue weighted by Gasteiger charge is 2.23. The first-order chi connectivity index (χ1) is 9.38. The normalized spacial score (nSPS) is 20.2. The maximum Gasteiger partial charge on any atom is 0.0630 e. The zero-order valence-corrected chi connectivity index (χ0v) is 12.8. The fourth-order valence-corrected chi connectivity index (χ4v) is 4.70. The molecule has 0 radical (unpaired) electrons. The van der Waals surface area contributed by atoms with Crippen LogP contribution in [0.4, 0.5) is 0 Å². The molecule has 0 spiro atoms. The van der Waals surface area contributed by atoms with E-state index < -0.39 is 0 Å². The molecule has 3 rings (SSSR count). The molecule has 0 aliphatic heterocycles. The summed E-state index contributed by atoms with van der Waals surface area (Å²) in [5, 5.41) is 3.79. The third kappa shape index (κ3) is 2.95. The highest BCUT2D eigenvalue weighted by molar-refractivity contribution is 7.12. The quantitative estimate of drug-likeness (QED) is 0.763. The van der Waals surface area contributed by atoms with Gasteiger partial charge in [0, 0.05) is 9.75 Å². The van der Waals surface area contributed by atoms with Gasteiger partial charge in [0.15, 0.2) is 0 Å². The fourth-order valence-electron chi connectivity index (χ4n) is 3.32. The summed E-state index contributed by atoms with van der Waals surface area (Å²) in [5.74, 6) is 0. The lowest BCUT2D eigenvalue weighted by atomic mass is 9.92. The number of rotatable bonds is 5. The van der Waals surface area contributed by atoms with Crippen molar-refractivity contribution in [3.8, 4) is 0 Å². The summed E-state index contributed by atoms with van der Waals surface area (Å²) in [6.07, 6.45) is 13.1. The van der Waals surface area contributed by atoms with E-state index in [4.69, 9.17) is 0 Å². The molecule has 1 nitrogen and oxygen atoms in total. The van der Waals surface area contributed by atoms with Gasteiger partial charge >= 0.3 is 0 Å². The first kappa shape index (κ1) is 13.4. The molecule has 104 valence electrons. The highest BCUT2D eigenvalue weighted by Crippen LogP contribution is 2.38. The summed E-state index contributed by atoms with van der Waals surface area (Å²) < 4.78 is 0. The van der Waals surface area contributed by atoms with Crippen molar-refractivity contribution in [2.45, 2.75) is 64.3 Å². The smallest absolute Gasteiger partial charge is 0.0630 e. The van der Waals surface area contributed by atoms with Crippen LogP contribution >= 0.6 is 11.3 Å². The van der Waals surface area contributed by atoms with Gasteiger partial charge in [-0.15, -0.1) is 11.3 Å². The van der Waals surface area contributed by atoms with Crippen LogP contribution in [-0.2, 0) is 12.8 Å². The maximum atomic E-state index is 3.79. The maximum absolute atomic E-state index is 3.79. The first-order valence-electron chi connectivity index (χ1n) is 7.92. The zero-order chi connectivity index (χ0) is 13.1. The van der Waals surface area contributed by atoms with Gasteiger partial charge in [-0.3, -0.25) is 0 Å². The average molecular weight is 275 g/mol. The SMILES string of the molecule is CCCNC(C1=CCCCC1)c1cc2c(s1)CCC2. The predicted octanol–water partition coefficient (Wildman–Crippen LogP) is 4.78. The van der Waals surface area contributed by atoms with Crippen LogP contribution in [0.15, 0.2) is 17.7 Å². The van der Waals surface area contributed by atoms with E-state index in [1.807, 2.05) is 0 Å². The molecule has 1 atom stereocenters. The number of hydrogen-bond acceptors (Lipinski definition) is 2. The van der Waals surface area contributed by atoms with Gasteiger partial charge in [-0.05, 0) is 69.5 Å².